The molecule has 1 aliphatic rings. The minimum absolute atomic E-state index is 0.135. The second kappa shape index (κ2) is 15.5. The number of anilines is 1. The normalized spacial score (nSPS) is 13.1. The zero-order chi connectivity index (χ0) is 30.9. The van der Waals surface area contributed by atoms with Gasteiger partial charge in [-0.15, -0.1) is 11.3 Å². The molecule has 2 heterocycles. The Labute approximate surface area is 254 Å². The highest BCUT2D eigenvalue weighted by Gasteiger charge is 2.33. The fraction of sp³-hybridized carbons (Fsp3) is 0.567. The van der Waals surface area contributed by atoms with Crippen molar-refractivity contribution in [3.63, 3.8) is 0 Å². The Morgan fingerprint density at radius 1 is 0.929 bits per heavy atom. The topological polar surface area (TPSA) is 116 Å². The van der Waals surface area contributed by atoms with E-state index in [1.165, 1.54) is 39.9 Å². The molecule has 2 aromatic rings. The number of fused-ring (bicyclic) bond motifs is 1. The molecule has 12 heteroatoms. The molecular formula is C30H44N4O6S2. The molecule has 0 saturated carbocycles. The highest BCUT2D eigenvalue weighted by Crippen LogP contribution is 2.38. The van der Waals surface area contributed by atoms with Crippen LogP contribution in [-0.2, 0) is 27.7 Å². The summed E-state index contributed by atoms with van der Waals surface area (Å²) >= 11 is 1.30. The van der Waals surface area contributed by atoms with Crippen molar-refractivity contribution in [2.24, 2.45) is 0 Å². The van der Waals surface area contributed by atoms with Gasteiger partial charge in [-0.3, -0.25) is 9.59 Å². The number of hydrogen-bond acceptors (Lipinski definition) is 7. The molecule has 0 radical (unpaired) electrons. The number of carbonyl (C=O) groups excluding carboxylic acids is 3. The molecule has 0 saturated heterocycles. The van der Waals surface area contributed by atoms with Crippen molar-refractivity contribution in [3.8, 4) is 0 Å². The van der Waals surface area contributed by atoms with E-state index in [0.29, 0.717) is 69.1 Å². The Hall–Kier alpha value is -2.96. The smallest absolute Gasteiger partial charge is 0.410 e. The summed E-state index contributed by atoms with van der Waals surface area (Å²) < 4.78 is 32.9. The second-order valence-electron chi connectivity index (χ2n) is 10.3. The van der Waals surface area contributed by atoms with Gasteiger partial charge in [0.25, 0.3) is 11.8 Å². The van der Waals surface area contributed by atoms with E-state index in [0.717, 1.165) is 23.3 Å². The predicted octanol–water partition coefficient (Wildman–Crippen LogP) is 5.59. The van der Waals surface area contributed by atoms with Crippen LogP contribution in [0.5, 0.6) is 0 Å². The van der Waals surface area contributed by atoms with Crippen LogP contribution in [0.15, 0.2) is 29.2 Å². The number of carbonyl (C=O) groups is 3. The zero-order valence-corrected chi connectivity index (χ0v) is 27.0. The van der Waals surface area contributed by atoms with Gasteiger partial charge in [-0.05, 0) is 68.9 Å². The lowest BCUT2D eigenvalue weighted by molar-refractivity contribution is 0.0755. The van der Waals surface area contributed by atoms with Crippen LogP contribution < -0.4 is 5.32 Å². The van der Waals surface area contributed by atoms with Gasteiger partial charge in [0.2, 0.25) is 10.0 Å². The fourth-order valence-electron chi connectivity index (χ4n) is 5.05. The Balaban J connectivity index is 1.93. The summed E-state index contributed by atoms with van der Waals surface area (Å²) in [6.45, 7) is 12.7. The van der Waals surface area contributed by atoms with E-state index < -0.39 is 22.0 Å². The number of thiophene rings is 1. The van der Waals surface area contributed by atoms with Crippen molar-refractivity contribution in [2.45, 2.75) is 78.2 Å². The van der Waals surface area contributed by atoms with Gasteiger partial charge in [0.1, 0.15) is 5.00 Å². The Morgan fingerprint density at radius 3 is 2.07 bits per heavy atom. The van der Waals surface area contributed by atoms with Gasteiger partial charge in [-0.25, -0.2) is 13.2 Å². The SMILES string of the molecule is CCCN(CCC)C(=O)c1c(NC(=O)c2ccc(S(=O)(=O)N(CCC)CCC)cc2)sc2c1CCN(C(=O)OCC)C2. The minimum atomic E-state index is -3.67. The molecule has 1 aromatic heterocycles. The summed E-state index contributed by atoms with van der Waals surface area (Å²) in [6, 6.07) is 5.90. The standard InChI is InChI=1S/C30H44N4O6S2/c1-6-16-32(17-7-2)29(36)26-24-15-20-33(30(37)40-10-5)21-25(24)41-28(26)31-27(35)22-11-13-23(14-12-22)42(38,39)34(18-8-3)19-9-4/h11-14H,6-10,15-21H2,1-5H3,(H,31,35). The molecular weight excluding hydrogens is 576 g/mol. The van der Waals surface area contributed by atoms with Crippen LogP contribution in [0.2, 0.25) is 0 Å². The summed E-state index contributed by atoms with van der Waals surface area (Å²) in [5.41, 5.74) is 1.61. The molecule has 42 heavy (non-hydrogen) atoms. The molecule has 0 fully saturated rings. The molecule has 0 unspecified atom stereocenters. The molecule has 1 aliphatic heterocycles. The molecule has 0 bridgehead atoms. The monoisotopic (exact) mass is 620 g/mol. The summed E-state index contributed by atoms with van der Waals surface area (Å²) in [6.07, 6.45) is 3.10. The molecule has 0 atom stereocenters. The third-order valence-corrected chi connectivity index (χ3v) is 10.0. The Bertz CT molecular complexity index is 1330. The maximum Gasteiger partial charge on any atom is 0.410 e. The number of hydrogen-bond donors (Lipinski definition) is 1. The van der Waals surface area contributed by atoms with Gasteiger partial charge in [0, 0.05) is 43.2 Å². The number of benzene rings is 1. The van der Waals surface area contributed by atoms with Gasteiger partial charge < -0.3 is 19.9 Å². The highest BCUT2D eigenvalue weighted by molar-refractivity contribution is 7.89. The highest BCUT2D eigenvalue weighted by atomic mass is 32.2. The molecule has 3 amide bonds. The molecule has 1 aromatic carbocycles. The van der Waals surface area contributed by atoms with Gasteiger partial charge in [0.05, 0.1) is 23.6 Å². The van der Waals surface area contributed by atoms with Crippen molar-refractivity contribution in [1.82, 2.24) is 14.1 Å². The summed E-state index contributed by atoms with van der Waals surface area (Å²) in [7, 11) is -3.67. The number of ether oxygens (including phenoxy) is 1. The number of rotatable bonds is 14. The lowest BCUT2D eigenvalue weighted by atomic mass is 10.0. The zero-order valence-electron chi connectivity index (χ0n) is 25.4. The second-order valence-corrected chi connectivity index (χ2v) is 13.3. The number of nitrogens with zero attached hydrogens (tertiary/aromatic N) is 3. The molecule has 232 valence electrons. The number of amides is 3. The van der Waals surface area contributed by atoms with E-state index in [1.54, 1.807) is 11.8 Å². The van der Waals surface area contributed by atoms with Gasteiger partial charge >= 0.3 is 6.09 Å². The fourth-order valence-corrected chi connectivity index (χ4v) is 7.93. The molecule has 0 aliphatic carbocycles. The lowest BCUT2D eigenvalue weighted by Crippen LogP contribution is -2.37. The maximum absolute atomic E-state index is 13.8. The van der Waals surface area contributed by atoms with Crippen molar-refractivity contribution >= 4 is 44.3 Å². The Morgan fingerprint density at radius 2 is 1.52 bits per heavy atom. The quantitative estimate of drug-likeness (QED) is 0.295. The van der Waals surface area contributed by atoms with Crippen LogP contribution >= 0.6 is 11.3 Å². The summed E-state index contributed by atoms with van der Waals surface area (Å²) in [5, 5.41) is 3.37. The average molecular weight is 621 g/mol. The van der Waals surface area contributed by atoms with Crippen LogP contribution in [0.4, 0.5) is 9.80 Å². The lowest BCUT2D eigenvalue weighted by Gasteiger charge is -2.27. The molecule has 3 rings (SSSR count). The Kier molecular flexibility index (Phi) is 12.4. The van der Waals surface area contributed by atoms with E-state index in [4.69, 9.17) is 4.74 Å². The largest absolute Gasteiger partial charge is 0.450 e. The third kappa shape index (κ3) is 7.70. The van der Waals surface area contributed by atoms with E-state index in [1.807, 2.05) is 32.6 Å². The first-order chi connectivity index (χ1) is 20.1. The predicted molar refractivity (Wildman–Crippen MR) is 166 cm³/mol. The van der Waals surface area contributed by atoms with E-state index in [9.17, 15) is 22.8 Å². The molecule has 1 N–H and O–H groups in total. The number of sulfonamides is 1. The maximum atomic E-state index is 13.8. The summed E-state index contributed by atoms with van der Waals surface area (Å²) in [4.78, 5) is 44.1. The molecule has 0 spiro atoms. The van der Waals surface area contributed by atoms with E-state index >= 15 is 0 Å². The van der Waals surface area contributed by atoms with E-state index in [-0.39, 0.29) is 23.0 Å². The summed E-state index contributed by atoms with van der Waals surface area (Å²) in [5.74, 6) is -0.574. The first-order valence-corrected chi connectivity index (χ1v) is 17.1. The van der Waals surface area contributed by atoms with Crippen LogP contribution in [0.1, 0.15) is 91.5 Å². The molecule has 10 nitrogen and oxygen atoms in total. The van der Waals surface area contributed by atoms with Crippen molar-refractivity contribution in [3.05, 3.63) is 45.8 Å². The van der Waals surface area contributed by atoms with Gasteiger partial charge in [0.15, 0.2) is 0 Å². The first kappa shape index (κ1) is 33.5. The van der Waals surface area contributed by atoms with Gasteiger partial charge in [-0.2, -0.15) is 4.31 Å². The van der Waals surface area contributed by atoms with Crippen LogP contribution in [0.3, 0.4) is 0 Å². The minimum Gasteiger partial charge on any atom is -0.450 e. The number of nitrogens with one attached hydrogen (secondary N) is 1. The van der Waals surface area contributed by atoms with Crippen LogP contribution in [0.25, 0.3) is 0 Å². The first-order valence-electron chi connectivity index (χ1n) is 14.9. The van der Waals surface area contributed by atoms with Crippen molar-refractivity contribution < 1.29 is 27.5 Å². The van der Waals surface area contributed by atoms with Gasteiger partial charge in [-0.1, -0.05) is 27.7 Å². The van der Waals surface area contributed by atoms with Crippen molar-refractivity contribution in [1.29, 1.82) is 0 Å². The van der Waals surface area contributed by atoms with Crippen molar-refractivity contribution in [2.75, 3.05) is 44.6 Å². The van der Waals surface area contributed by atoms with E-state index in [2.05, 4.69) is 5.32 Å². The van der Waals surface area contributed by atoms with Crippen LogP contribution in [-0.4, -0.2) is 79.8 Å². The third-order valence-electron chi connectivity index (χ3n) is 7.00. The van der Waals surface area contributed by atoms with Crippen LogP contribution in [0, 0.1) is 0 Å². The average Bonchev–Trinajstić information content (AvgIpc) is 3.33.